The molecule has 2 unspecified atom stereocenters. The summed E-state index contributed by atoms with van der Waals surface area (Å²) in [6, 6.07) is 10.4. The Hall–Kier alpha value is -2.12. The standard InChI is InChI=1S/C19H20N2OS/c1-14-7-6-8-15(2)21(14)19(22)17-13-20-18(23-17)12-11-16-9-4-3-5-10-16/h3-5,9-10,13-15H,6-8H2,1-2H3. The van der Waals surface area contributed by atoms with Gasteiger partial charge in [0.2, 0.25) is 0 Å². The van der Waals surface area contributed by atoms with Gasteiger partial charge >= 0.3 is 0 Å². The number of amides is 1. The number of nitrogens with zero attached hydrogens (tertiary/aromatic N) is 2. The fourth-order valence-electron chi connectivity index (χ4n) is 3.03. The lowest BCUT2D eigenvalue weighted by Gasteiger charge is -2.38. The Balaban J connectivity index is 1.76. The summed E-state index contributed by atoms with van der Waals surface area (Å²) in [7, 11) is 0. The number of benzene rings is 1. The molecule has 0 aliphatic carbocycles. The van der Waals surface area contributed by atoms with Gasteiger partial charge in [0.25, 0.3) is 5.91 Å². The van der Waals surface area contributed by atoms with Crippen molar-refractivity contribution >= 4 is 17.2 Å². The summed E-state index contributed by atoms with van der Waals surface area (Å²) in [6.07, 6.45) is 5.02. The van der Waals surface area contributed by atoms with Gasteiger partial charge in [0.15, 0.2) is 5.01 Å². The highest BCUT2D eigenvalue weighted by Crippen LogP contribution is 2.26. The quantitative estimate of drug-likeness (QED) is 0.744. The lowest BCUT2D eigenvalue weighted by atomic mass is 9.97. The molecule has 1 aromatic heterocycles. The third kappa shape index (κ3) is 3.62. The largest absolute Gasteiger partial charge is 0.332 e. The molecule has 1 aliphatic rings. The molecule has 1 fully saturated rings. The van der Waals surface area contributed by atoms with Gasteiger partial charge in [-0.2, -0.15) is 0 Å². The predicted molar refractivity (Wildman–Crippen MR) is 93.5 cm³/mol. The lowest BCUT2D eigenvalue weighted by molar-refractivity contribution is 0.0515. The summed E-state index contributed by atoms with van der Waals surface area (Å²) in [6.45, 7) is 4.26. The first-order chi connectivity index (χ1) is 11.1. The maximum absolute atomic E-state index is 12.8. The summed E-state index contributed by atoms with van der Waals surface area (Å²) in [5.41, 5.74) is 0.953. The van der Waals surface area contributed by atoms with E-state index < -0.39 is 0 Å². The molecule has 2 atom stereocenters. The van der Waals surface area contributed by atoms with E-state index in [4.69, 9.17) is 0 Å². The number of carbonyl (C=O) groups excluding carboxylic acids is 1. The Labute approximate surface area is 141 Å². The molecule has 2 aromatic rings. The van der Waals surface area contributed by atoms with Crippen molar-refractivity contribution in [1.29, 1.82) is 0 Å². The van der Waals surface area contributed by atoms with Crippen molar-refractivity contribution in [3.8, 4) is 11.8 Å². The number of thiazole rings is 1. The molecular weight excluding hydrogens is 304 g/mol. The van der Waals surface area contributed by atoms with Crippen LogP contribution in [0.5, 0.6) is 0 Å². The topological polar surface area (TPSA) is 33.2 Å². The van der Waals surface area contributed by atoms with E-state index in [1.54, 1.807) is 6.20 Å². The van der Waals surface area contributed by atoms with Gasteiger partial charge in [0.05, 0.1) is 6.20 Å². The predicted octanol–water partition coefficient (Wildman–Crippen LogP) is 3.95. The van der Waals surface area contributed by atoms with Gasteiger partial charge in [-0.05, 0) is 51.2 Å². The van der Waals surface area contributed by atoms with Crippen LogP contribution in [-0.2, 0) is 0 Å². The SMILES string of the molecule is CC1CCCC(C)N1C(=O)c1cnc(C#Cc2ccccc2)s1. The molecule has 0 saturated carbocycles. The monoisotopic (exact) mass is 324 g/mol. The van der Waals surface area contributed by atoms with Crippen LogP contribution in [0.4, 0.5) is 0 Å². The first-order valence-electron chi connectivity index (χ1n) is 8.00. The van der Waals surface area contributed by atoms with Crippen LogP contribution in [0.15, 0.2) is 36.5 Å². The molecule has 3 nitrogen and oxygen atoms in total. The van der Waals surface area contributed by atoms with Crippen molar-refractivity contribution in [3.05, 3.63) is 52.0 Å². The Morgan fingerprint density at radius 2 is 1.87 bits per heavy atom. The molecule has 23 heavy (non-hydrogen) atoms. The minimum atomic E-state index is 0.0926. The summed E-state index contributed by atoms with van der Waals surface area (Å²) < 4.78 is 0. The molecule has 0 spiro atoms. The highest BCUT2D eigenvalue weighted by molar-refractivity contribution is 7.14. The molecule has 0 N–H and O–H groups in total. The van der Waals surface area contributed by atoms with Crippen molar-refractivity contribution in [1.82, 2.24) is 9.88 Å². The fraction of sp³-hybridized carbons (Fsp3) is 0.368. The van der Waals surface area contributed by atoms with Gasteiger partial charge in [-0.15, -0.1) is 11.3 Å². The van der Waals surface area contributed by atoms with E-state index in [1.165, 1.54) is 17.8 Å². The highest BCUT2D eigenvalue weighted by atomic mass is 32.1. The summed E-state index contributed by atoms with van der Waals surface area (Å²) in [5, 5.41) is 0.689. The number of likely N-dealkylation sites (tertiary alicyclic amines) is 1. The molecule has 0 bridgehead atoms. The van der Waals surface area contributed by atoms with Gasteiger partial charge in [0.1, 0.15) is 4.88 Å². The van der Waals surface area contributed by atoms with Crippen LogP contribution in [-0.4, -0.2) is 27.9 Å². The normalized spacial score (nSPS) is 20.7. The van der Waals surface area contributed by atoms with Crippen LogP contribution in [0, 0.1) is 11.8 Å². The summed E-state index contributed by atoms with van der Waals surface area (Å²) in [4.78, 5) is 19.7. The minimum Gasteiger partial charge on any atom is -0.332 e. The zero-order valence-electron chi connectivity index (χ0n) is 13.5. The van der Waals surface area contributed by atoms with Crippen molar-refractivity contribution in [2.45, 2.75) is 45.2 Å². The van der Waals surface area contributed by atoms with Crippen molar-refractivity contribution in [2.75, 3.05) is 0 Å². The maximum atomic E-state index is 12.8. The second-order valence-electron chi connectivity index (χ2n) is 5.99. The van der Waals surface area contributed by atoms with E-state index in [1.807, 2.05) is 35.2 Å². The number of piperidine rings is 1. The zero-order valence-corrected chi connectivity index (χ0v) is 14.3. The van der Waals surface area contributed by atoms with Gasteiger partial charge in [-0.25, -0.2) is 4.98 Å². The maximum Gasteiger partial charge on any atom is 0.266 e. The number of hydrogen-bond acceptors (Lipinski definition) is 3. The van der Waals surface area contributed by atoms with Crippen LogP contribution in [0.1, 0.15) is 53.4 Å². The second kappa shape index (κ2) is 6.97. The van der Waals surface area contributed by atoms with Crippen LogP contribution in [0.25, 0.3) is 0 Å². The molecule has 3 rings (SSSR count). The van der Waals surface area contributed by atoms with E-state index in [9.17, 15) is 4.79 Å². The van der Waals surface area contributed by atoms with E-state index in [2.05, 4.69) is 30.7 Å². The Bertz CT molecular complexity index is 731. The van der Waals surface area contributed by atoms with Gasteiger partial charge in [-0.1, -0.05) is 24.1 Å². The number of aromatic nitrogens is 1. The third-order valence-corrected chi connectivity index (χ3v) is 5.13. The number of carbonyl (C=O) groups is 1. The molecule has 1 aromatic carbocycles. The average molecular weight is 324 g/mol. The Morgan fingerprint density at radius 1 is 1.17 bits per heavy atom. The third-order valence-electron chi connectivity index (χ3n) is 4.23. The second-order valence-corrected chi connectivity index (χ2v) is 7.02. The Morgan fingerprint density at radius 3 is 2.57 bits per heavy atom. The van der Waals surface area contributed by atoms with Crippen LogP contribution in [0.3, 0.4) is 0 Å². The van der Waals surface area contributed by atoms with Crippen LogP contribution in [0.2, 0.25) is 0 Å². The minimum absolute atomic E-state index is 0.0926. The fourth-order valence-corrected chi connectivity index (χ4v) is 3.74. The first-order valence-corrected chi connectivity index (χ1v) is 8.82. The van der Waals surface area contributed by atoms with Crippen LogP contribution < -0.4 is 0 Å². The summed E-state index contributed by atoms with van der Waals surface area (Å²) >= 11 is 1.38. The number of rotatable bonds is 1. The number of hydrogen-bond donors (Lipinski definition) is 0. The molecule has 2 heterocycles. The lowest BCUT2D eigenvalue weighted by Crippen LogP contribution is -2.47. The van der Waals surface area contributed by atoms with E-state index >= 15 is 0 Å². The molecule has 118 valence electrons. The Kier molecular flexibility index (Phi) is 4.78. The van der Waals surface area contributed by atoms with Crippen molar-refractivity contribution in [3.63, 3.8) is 0 Å². The van der Waals surface area contributed by atoms with Crippen LogP contribution >= 0.6 is 11.3 Å². The van der Waals surface area contributed by atoms with Gasteiger partial charge in [-0.3, -0.25) is 4.79 Å². The van der Waals surface area contributed by atoms with E-state index in [0.29, 0.717) is 22.0 Å². The highest BCUT2D eigenvalue weighted by Gasteiger charge is 2.30. The van der Waals surface area contributed by atoms with Gasteiger partial charge in [0, 0.05) is 17.6 Å². The molecule has 1 saturated heterocycles. The molecule has 1 aliphatic heterocycles. The average Bonchev–Trinajstić information content (AvgIpc) is 3.02. The summed E-state index contributed by atoms with van der Waals surface area (Å²) in [5.74, 6) is 6.22. The molecule has 0 radical (unpaired) electrons. The molecular formula is C19H20N2OS. The van der Waals surface area contributed by atoms with Crippen molar-refractivity contribution < 1.29 is 4.79 Å². The smallest absolute Gasteiger partial charge is 0.266 e. The molecule has 4 heteroatoms. The molecule has 1 amide bonds. The van der Waals surface area contributed by atoms with E-state index in [-0.39, 0.29) is 5.91 Å². The zero-order chi connectivity index (χ0) is 16.2. The van der Waals surface area contributed by atoms with E-state index in [0.717, 1.165) is 18.4 Å². The first kappa shape index (κ1) is 15.8. The van der Waals surface area contributed by atoms with Crippen molar-refractivity contribution in [2.24, 2.45) is 0 Å². The van der Waals surface area contributed by atoms with Gasteiger partial charge < -0.3 is 4.90 Å².